The molecule has 0 saturated carbocycles. The number of fused-ring (bicyclic) bond motifs is 1. The van der Waals surface area contributed by atoms with E-state index in [0.717, 1.165) is 22.6 Å². The second kappa shape index (κ2) is 5.17. The van der Waals surface area contributed by atoms with E-state index in [9.17, 15) is 4.79 Å². The predicted octanol–water partition coefficient (Wildman–Crippen LogP) is 3.35. The molecule has 0 bridgehead atoms. The minimum Gasteiger partial charge on any atom is -0.325 e. The third-order valence-corrected chi connectivity index (χ3v) is 3.16. The lowest BCUT2D eigenvalue weighted by atomic mass is 10.1. The molecule has 1 N–H and O–H groups in total. The molecule has 1 aromatic carbocycles. The standard InChI is InChI=1S/C16H15N3O/c1-2-16(20)18-13-8-4-3-7-12(13)14-11-19-10-6-5-9-15(19)17-14/h3-11H,2H2,1H3,(H,18,20). The van der Waals surface area contributed by atoms with Crippen LogP contribution in [0, 0.1) is 0 Å². The molecule has 0 aliphatic heterocycles. The lowest BCUT2D eigenvalue weighted by molar-refractivity contribution is -0.115. The number of nitrogens with one attached hydrogen (secondary N) is 1. The Hall–Kier alpha value is -2.62. The second-order valence-electron chi connectivity index (χ2n) is 4.54. The molecular formula is C16H15N3O. The van der Waals surface area contributed by atoms with Gasteiger partial charge in [0.1, 0.15) is 5.65 Å². The molecule has 3 rings (SSSR count). The summed E-state index contributed by atoms with van der Waals surface area (Å²) < 4.78 is 1.97. The van der Waals surface area contributed by atoms with Crippen molar-refractivity contribution in [2.24, 2.45) is 0 Å². The van der Waals surface area contributed by atoms with E-state index in [0.29, 0.717) is 6.42 Å². The molecule has 0 aliphatic carbocycles. The van der Waals surface area contributed by atoms with Gasteiger partial charge in [0, 0.05) is 24.4 Å². The van der Waals surface area contributed by atoms with Crippen molar-refractivity contribution in [3.8, 4) is 11.3 Å². The Labute approximate surface area is 117 Å². The first-order valence-electron chi connectivity index (χ1n) is 6.61. The first-order chi connectivity index (χ1) is 9.78. The van der Waals surface area contributed by atoms with E-state index in [4.69, 9.17) is 0 Å². The molecule has 3 aromatic rings. The zero-order chi connectivity index (χ0) is 13.9. The number of rotatable bonds is 3. The van der Waals surface area contributed by atoms with Gasteiger partial charge in [0.2, 0.25) is 5.91 Å². The van der Waals surface area contributed by atoms with E-state index in [1.54, 1.807) is 0 Å². The summed E-state index contributed by atoms with van der Waals surface area (Å²) in [4.78, 5) is 16.2. The summed E-state index contributed by atoms with van der Waals surface area (Å²) >= 11 is 0. The Balaban J connectivity index is 2.07. The van der Waals surface area contributed by atoms with Gasteiger partial charge in [-0.15, -0.1) is 0 Å². The molecule has 0 aliphatic rings. The molecule has 0 radical (unpaired) electrons. The van der Waals surface area contributed by atoms with Gasteiger partial charge in [0.25, 0.3) is 0 Å². The average Bonchev–Trinajstić information content (AvgIpc) is 2.91. The summed E-state index contributed by atoms with van der Waals surface area (Å²) in [6.45, 7) is 1.84. The summed E-state index contributed by atoms with van der Waals surface area (Å²) in [7, 11) is 0. The second-order valence-corrected chi connectivity index (χ2v) is 4.54. The summed E-state index contributed by atoms with van der Waals surface area (Å²) in [5.74, 6) is 0.00112. The van der Waals surface area contributed by atoms with Gasteiger partial charge >= 0.3 is 0 Å². The van der Waals surface area contributed by atoms with Crippen LogP contribution in [0.15, 0.2) is 54.9 Å². The minimum absolute atomic E-state index is 0.00112. The van der Waals surface area contributed by atoms with Gasteiger partial charge in [0.15, 0.2) is 0 Å². The summed E-state index contributed by atoms with van der Waals surface area (Å²) in [6.07, 6.45) is 4.38. The molecule has 20 heavy (non-hydrogen) atoms. The molecule has 2 aromatic heterocycles. The van der Waals surface area contributed by atoms with E-state index in [-0.39, 0.29) is 5.91 Å². The van der Waals surface area contributed by atoms with Gasteiger partial charge in [0.05, 0.1) is 11.4 Å². The molecule has 2 heterocycles. The number of benzene rings is 1. The molecule has 0 saturated heterocycles. The Bertz CT molecular complexity index is 728. The molecule has 0 unspecified atom stereocenters. The van der Waals surface area contributed by atoms with Crippen molar-refractivity contribution in [3.05, 3.63) is 54.9 Å². The smallest absolute Gasteiger partial charge is 0.224 e. The van der Waals surface area contributed by atoms with E-state index >= 15 is 0 Å². The highest BCUT2D eigenvalue weighted by Gasteiger charge is 2.10. The maximum absolute atomic E-state index is 11.6. The van der Waals surface area contributed by atoms with Crippen LogP contribution in [0.1, 0.15) is 13.3 Å². The zero-order valence-corrected chi connectivity index (χ0v) is 11.2. The number of amides is 1. The van der Waals surface area contributed by atoms with Gasteiger partial charge in [-0.1, -0.05) is 31.2 Å². The monoisotopic (exact) mass is 265 g/mol. The molecule has 100 valence electrons. The van der Waals surface area contributed by atoms with Crippen LogP contribution >= 0.6 is 0 Å². The number of para-hydroxylation sites is 1. The summed E-state index contributed by atoms with van der Waals surface area (Å²) in [5.41, 5.74) is 3.46. The average molecular weight is 265 g/mol. The number of pyridine rings is 1. The molecule has 0 spiro atoms. The van der Waals surface area contributed by atoms with Crippen LogP contribution in [-0.2, 0) is 4.79 Å². The largest absolute Gasteiger partial charge is 0.325 e. The minimum atomic E-state index is 0.00112. The lowest BCUT2D eigenvalue weighted by Gasteiger charge is -2.08. The van der Waals surface area contributed by atoms with Crippen LogP contribution in [0.3, 0.4) is 0 Å². The van der Waals surface area contributed by atoms with Crippen LogP contribution in [-0.4, -0.2) is 15.3 Å². The third-order valence-electron chi connectivity index (χ3n) is 3.16. The van der Waals surface area contributed by atoms with E-state index in [1.807, 2.05) is 66.2 Å². The van der Waals surface area contributed by atoms with E-state index in [1.165, 1.54) is 0 Å². The van der Waals surface area contributed by atoms with E-state index in [2.05, 4.69) is 10.3 Å². The maximum Gasteiger partial charge on any atom is 0.224 e. The SMILES string of the molecule is CCC(=O)Nc1ccccc1-c1cn2ccccc2n1. The van der Waals surface area contributed by atoms with Crippen molar-refractivity contribution in [1.29, 1.82) is 0 Å². The predicted molar refractivity (Wildman–Crippen MR) is 79.5 cm³/mol. The highest BCUT2D eigenvalue weighted by molar-refractivity contribution is 5.94. The number of nitrogens with zero attached hydrogens (tertiary/aromatic N) is 2. The Morgan fingerprint density at radius 2 is 2.00 bits per heavy atom. The summed E-state index contributed by atoms with van der Waals surface area (Å²) in [6, 6.07) is 13.6. The highest BCUT2D eigenvalue weighted by Crippen LogP contribution is 2.27. The summed E-state index contributed by atoms with van der Waals surface area (Å²) in [5, 5.41) is 2.91. The van der Waals surface area contributed by atoms with Crippen LogP contribution in [0.4, 0.5) is 5.69 Å². The first kappa shape index (κ1) is 12.4. The van der Waals surface area contributed by atoms with Crippen molar-refractivity contribution in [1.82, 2.24) is 9.38 Å². The van der Waals surface area contributed by atoms with Crippen molar-refractivity contribution < 1.29 is 4.79 Å². The van der Waals surface area contributed by atoms with Crippen LogP contribution in [0.2, 0.25) is 0 Å². The maximum atomic E-state index is 11.6. The molecule has 1 amide bonds. The zero-order valence-electron chi connectivity index (χ0n) is 11.2. The van der Waals surface area contributed by atoms with Crippen molar-refractivity contribution in [2.45, 2.75) is 13.3 Å². The van der Waals surface area contributed by atoms with Crippen LogP contribution < -0.4 is 5.32 Å². The molecule has 0 fully saturated rings. The van der Waals surface area contributed by atoms with Crippen molar-refractivity contribution in [2.75, 3.05) is 5.32 Å². The fraction of sp³-hybridized carbons (Fsp3) is 0.125. The number of hydrogen-bond acceptors (Lipinski definition) is 2. The van der Waals surface area contributed by atoms with Gasteiger partial charge in [-0.05, 0) is 18.2 Å². The number of carbonyl (C=O) groups excluding carboxylic acids is 1. The Morgan fingerprint density at radius 3 is 2.80 bits per heavy atom. The van der Waals surface area contributed by atoms with Gasteiger partial charge in [-0.25, -0.2) is 4.98 Å². The quantitative estimate of drug-likeness (QED) is 0.789. The molecule has 0 atom stereocenters. The fourth-order valence-electron chi connectivity index (χ4n) is 2.12. The van der Waals surface area contributed by atoms with Crippen molar-refractivity contribution >= 4 is 17.2 Å². The molecular weight excluding hydrogens is 250 g/mol. The van der Waals surface area contributed by atoms with Gasteiger partial charge < -0.3 is 9.72 Å². The van der Waals surface area contributed by atoms with Crippen LogP contribution in [0.5, 0.6) is 0 Å². The van der Waals surface area contributed by atoms with Gasteiger partial charge in [-0.3, -0.25) is 4.79 Å². The molecule has 4 nitrogen and oxygen atoms in total. The lowest BCUT2D eigenvalue weighted by Crippen LogP contribution is -2.10. The first-order valence-corrected chi connectivity index (χ1v) is 6.61. The number of hydrogen-bond donors (Lipinski definition) is 1. The highest BCUT2D eigenvalue weighted by atomic mass is 16.1. The number of imidazole rings is 1. The van der Waals surface area contributed by atoms with Crippen LogP contribution in [0.25, 0.3) is 16.9 Å². The topological polar surface area (TPSA) is 46.4 Å². The molecule has 4 heteroatoms. The fourth-order valence-corrected chi connectivity index (χ4v) is 2.12. The van der Waals surface area contributed by atoms with E-state index < -0.39 is 0 Å². The normalized spacial score (nSPS) is 10.7. The third kappa shape index (κ3) is 2.28. The number of anilines is 1. The van der Waals surface area contributed by atoms with Gasteiger partial charge in [-0.2, -0.15) is 0 Å². The number of carbonyl (C=O) groups is 1. The Morgan fingerprint density at radius 1 is 1.20 bits per heavy atom. The van der Waals surface area contributed by atoms with Crippen molar-refractivity contribution in [3.63, 3.8) is 0 Å². The Kier molecular flexibility index (Phi) is 3.21. The number of aromatic nitrogens is 2.